The Hall–Kier alpha value is -3.07. The van der Waals surface area contributed by atoms with Gasteiger partial charge in [0.25, 0.3) is 5.56 Å². The Labute approximate surface area is 153 Å². The van der Waals surface area contributed by atoms with Gasteiger partial charge in [-0.3, -0.25) is 9.78 Å². The minimum atomic E-state index is -0.668. The zero-order valence-electron chi connectivity index (χ0n) is 14.9. The van der Waals surface area contributed by atoms with E-state index in [9.17, 15) is 14.0 Å². The second-order valence-electron chi connectivity index (χ2n) is 6.63. The van der Waals surface area contributed by atoms with Gasteiger partial charge < -0.3 is 9.80 Å². The summed E-state index contributed by atoms with van der Waals surface area (Å²) in [5.41, 5.74) is -0.914. The van der Waals surface area contributed by atoms with Crippen molar-refractivity contribution in [2.45, 2.75) is 6.42 Å². The average molecular weight is 370 g/mol. The monoisotopic (exact) mass is 370 g/mol. The molecule has 1 aliphatic heterocycles. The number of fused-ring (bicyclic) bond motifs is 1. The minimum absolute atomic E-state index is 0.155. The highest BCUT2D eigenvalue weighted by Gasteiger charge is 2.17. The van der Waals surface area contributed by atoms with Crippen molar-refractivity contribution in [3.05, 3.63) is 57.1 Å². The second-order valence-corrected chi connectivity index (χ2v) is 6.63. The predicted octanol–water partition coefficient (Wildman–Crippen LogP) is 0.750. The van der Waals surface area contributed by atoms with Crippen molar-refractivity contribution in [3.8, 4) is 5.69 Å². The Bertz CT molecular complexity index is 1110. The largest absolute Gasteiger partial charge is 0.339 e. The number of rotatable bonds is 2. The molecule has 140 valence electrons. The number of aromatic nitrogens is 4. The van der Waals surface area contributed by atoms with Crippen LogP contribution in [0.3, 0.4) is 0 Å². The maximum absolute atomic E-state index is 13.5. The van der Waals surface area contributed by atoms with E-state index in [0.717, 1.165) is 43.2 Å². The van der Waals surface area contributed by atoms with Crippen LogP contribution in [-0.4, -0.2) is 57.6 Å². The molecule has 0 spiro atoms. The Morgan fingerprint density at radius 3 is 2.81 bits per heavy atom. The van der Waals surface area contributed by atoms with Crippen LogP contribution in [0.4, 0.5) is 10.3 Å². The molecule has 2 aromatic heterocycles. The van der Waals surface area contributed by atoms with Crippen LogP contribution in [0.25, 0.3) is 16.7 Å². The normalized spacial score (nSPS) is 15.9. The van der Waals surface area contributed by atoms with Crippen molar-refractivity contribution in [2.24, 2.45) is 0 Å². The summed E-state index contributed by atoms with van der Waals surface area (Å²) in [5, 5.41) is 0.176. The summed E-state index contributed by atoms with van der Waals surface area (Å²) in [6.45, 7) is 3.46. The van der Waals surface area contributed by atoms with Gasteiger partial charge in [0.15, 0.2) is 5.65 Å². The molecule has 3 heterocycles. The van der Waals surface area contributed by atoms with Gasteiger partial charge in [0.05, 0.1) is 5.69 Å². The Kier molecular flexibility index (Phi) is 4.44. The fourth-order valence-corrected chi connectivity index (χ4v) is 3.24. The zero-order valence-corrected chi connectivity index (χ0v) is 14.9. The molecule has 1 saturated heterocycles. The molecule has 0 aliphatic carbocycles. The van der Waals surface area contributed by atoms with E-state index < -0.39 is 17.1 Å². The van der Waals surface area contributed by atoms with E-state index in [2.05, 4.69) is 26.9 Å². The summed E-state index contributed by atoms with van der Waals surface area (Å²) < 4.78 is 14.4. The first kappa shape index (κ1) is 17.3. The lowest BCUT2D eigenvalue weighted by Crippen LogP contribution is -2.35. The van der Waals surface area contributed by atoms with Gasteiger partial charge >= 0.3 is 5.69 Å². The first-order chi connectivity index (χ1) is 13.0. The van der Waals surface area contributed by atoms with Crippen LogP contribution in [0.15, 0.2) is 40.1 Å². The highest BCUT2D eigenvalue weighted by atomic mass is 19.1. The number of nitrogens with one attached hydrogen (secondary N) is 1. The van der Waals surface area contributed by atoms with Crippen LogP contribution < -0.4 is 16.1 Å². The van der Waals surface area contributed by atoms with Crippen molar-refractivity contribution in [1.29, 1.82) is 0 Å². The Balaban J connectivity index is 1.79. The van der Waals surface area contributed by atoms with E-state index in [1.807, 2.05) is 4.90 Å². The average Bonchev–Trinajstić information content (AvgIpc) is 2.86. The number of aromatic amines is 1. The summed E-state index contributed by atoms with van der Waals surface area (Å²) >= 11 is 0. The van der Waals surface area contributed by atoms with Gasteiger partial charge in [-0.15, -0.1) is 0 Å². The molecule has 3 aromatic rings. The highest BCUT2D eigenvalue weighted by Crippen LogP contribution is 2.13. The van der Waals surface area contributed by atoms with E-state index in [4.69, 9.17) is 0 Å². The van der Waals surface area contributed by atoms with E-state index in [0.29, 0.717) is 5.95 Å². The molecule has 0 atom stereocenters. The maximum atomic E-state index is 13.5. The van der Waals surface area contributed by atoms with Crippen molar-refractivity contribution in [1.82, 2.24) is 24.4 Å². The number of hydrogen-bond acceptors (Lipinski definition) is 6. The smallest absolute Gasteiger partial charge is 0.334 e. The van der Waals surface area contributed by atoms with Crippen LogP contribution in [0.5, 0.6) is 0 Å². The fourth-order valence-electron chi connectivity index (χ4n) is 3.24. The molecule has 0 bridgehead atoms. The summed E-state index contributed by atoms with van der Waals surface area (Å²) in [6, 6.07) is 5.31. The lowest BCUT2D eigenvalue weighted by atomic mass is 10.3. The first-order valence-electron chi connectivity index (χ1n) is 8.74. The van der Waals surface area contributed by atoms with Gasteiger partial charge in [-0.2, -0.15) is 4.98 Å². The van der Waals surface area contributed by atoms with Crippen molar-refractivity contribution in [3.63, 3.8) is 0 Å². The maximum Gasteiger partial charge on any atom is 0.334 e. The molecule has 1 aliphatic rings. The summed E-state index contributed by atoms with van der Waals surface area (Å²) in [7, 11) is 2.07. The first-order valence-corrected chi connectivity index (χ1v) is 8.74. The molecule has 4 rings (SSSR count). The molecule has 0 unspecified atom stereocenters. The molecule has 8 nitrogen and oxygen atoms in total. The van der Waals surface area contributed by atoms with Crippen LogP contribution in [-0.2, 0) is 0 Å². The van der Waals surface area contributed by atoms with Crippen LogP contribution in [0.2, 0.25) is 0 Å². The minimum Gasteiger partial charge on any atom is -0.339 e. The molecule has 1 aromatic carbocycles. The molecule has 9 heteroatoms. The third-order valence-corrected chi connectivity index (χ3v) is 4.71. The van der Waals surface area contributed by atoms with Gasteiger partial charge in [-0.1, -0.05) is 6.07 Å². The van der Waals surface area contributed by atoms with E-state index >= 15 is 0 Å². The van der Waals surface area contributed by atoms with Gasteiger partial charge in [0, 0.05) is 25.8 Å². The topological polar surface area (TPSA) is 87.1 Å². The number of anilines is 1. The number of hydrogen-bond donors (Lipinski definition) is 1. The van der Waals surface area contributed by atoms with E-state index in [1.165, 1.54) is 24.4 Å². The number of nitrogens with zero attached hydrogens (tertiary/aromatic N) is 5. The van der Waals surface area contributed by atoms with Crippen LogP contribution in [0, 0.1) is 5.82 Å². The fraction of sp³-hybridized carbons (Fsp3) is 0.333. The Morgan fingerprint density at radius 2 is 2.00 bits per heavy atom. The molecule has 0 saturated carbocycles. The molecular weight excluding hydrogens is 351 g/mol. The van der Waals surface area contributed by atoms with Crippen LogP contribution >= 0.6 is 0 Å². The SMILES string of the molecule is CN1CCCN(c2ncc3c(=O)n(-c4cccc(F)c4)c(=O)[nH]c3n2)CC1. The predicted molar refractivity (Wildman–Crippen MR) is 100 cm³/mol. The third kappa shape index (κ3) is 3.33. The van der Waals surface area contributed by atoms with Crippen molar-refractivity contribution in [2.75, 3.05) is 38.1 Å². The van der Waals surface area contributed by atoms with E-state index in [-0.39, 0.29) is 16.7 Å². The van der Waals surface area contributed by atoms with Crippen LogP contribution in [0.1, 0.15) is 6.42 Å². The summed E-state index contributed by atoms with van der Waals surface area (Å²) in [4.78, 5) is 40.8. The summed E-state index contributed by atoms with van der Waals surface area (Å²) in [5.74, 6) is -0.0482. The zero-order chi connectivity index (χ0) is 19.0. The second kappa shape index (κ2) is 6.92. The molecule has 1 N–H and O–H groups in total. The third-order valence-electron chi connectivity index (χ3n) is 4.71. The molecule has 0 radical (unpaired) electrons. The Morgan fingerprint density at radius 1 is 1.15 bits per heavy atom. The van der Waals surface area contributed by atoms with E-state index in [1.54, 1.807) is 0 Å². The van der Waals surface area contributed by atoms with Gasteiger partial charge in [0.1, 0.15) is 11.2 Å². The summed E-state index contributed by atoms with van der Waals surface area (Å²) in [6.07, 6.45) is 2.40. The van der Waals surface area contributed by atoms with Gasteiger partial charge in [-0.05, 0) is 38.2 Å². The number of benzene rings is 1. The quantitative estimate of drug-likeness (QED) is 0.716. The van der Waals surface area contributed by atoms with Crippen molar-refractivity contribution >= 4 is 17.0 Å². The molecule has 27 heavy (non-hydrogen) atoms. The van der Waals surface area contributed by atoms with Crippen molar-refractivity contribution < 1.29 is 4.39 Å². The van der Waals surface area contributed by atoms with Gasteiger partial charge in [0.2, 0.25) is 5.95 Å². The molecular formula is C18H19FN6O2. The lowest BCUT2D eigenvalue weighted by Gasteiger charge is -2.20. The highest BCUT2D eigenvalue weighted by molar-refractivity contribution is 5.73. The number of likely N-dealkylation sites (N-methyl/N-ethyl adjacent to an activating group) is 1. The van der Waals surface area contributed by atoms with Gasteiger partial charge in [-0.25, -0.2) is 18.7 Å². The molecule has 1 fully saturated rings. The lowest BCUT2D eigenvalue weighted by molar-refractivity contribution is 0.360. The molecule has 0 amide bonds. The standard InChI is InChI=1S/C18H19FN6O2/c1-23-6-3-7-24(9-8-23)17-20-11-14-15(21-17)22-18(27)25(16(14)26)13-5-2-4-12(19)10-13/h2,4-5,10-11H,3,6-9H2,1H3,(H,20,21,22,27). The number of halogens is 1. The number of H-pyrrole nitrogens is 1.